The van der Waals surface area contributed by atoms with Gasteiger partial charge in [-0.15, -0.1) is 0 Å². The summed E-state index contributed by atoms with van der Waals surface area (Å²) >= 11 is 1.48. The molecule has 4 rings (SSSR count). The molecule has 0 spiro atoms. The number of hydrogen-bond donors (Lipinski definition) is 1. The van der Waals surface area contributed by atoms with Gasteiger partial charge in [-0.05, 0) is 37.2 Å². The molecule has 0 aromatic heterocycles. The van der Waals surface area contributed by atoms with E-state index >= 15 is 0 Å². The number of ether oxygens (including phenoxy) is 2. The number of aryl methyl sites for hydroxylation is 1. The Balaban J connectivity index is 1.62. The lowest BCUT2D eigenvalue weighted by molar-refractivity contribution is -0.136. The highest BCUT2D eigenvalue weighted by molar-refractivity contribution is 8.16. The van der Waals surface area contributed by atoms with Crippen molar-refractivity contribution < 1.29 is 19.1 Å². The van der Waals surface area contributed by atoms with Crippen molar-refractivity contribution in [1.82, 2.24) is 10.2 Å². The molecule has 7 nitrogen and oxygen atoms in total. The van der Waals surface area contributed by atoms with E-state index in [4.69, 9.17) is 14.5 Å². The zero-order valence-electron chi connectivity index (χ0n) is 18.7. The Morgan fingerprint density at radius 3 is 2.75 bits per heavy atom. The molecule has 0 radical (unpaired) electrons. The molecule has 1 fully saturated rings. The van der Waals surface area contributed by atoms with Crippen molar-refractivity contribution >= 4 is 28.8 Å². The lowest BCUT2D eigenvalue weighted by Crippen LogP contribution is -2.39. The van der Waals surface area contributed by atoms with Crippen LogP contribution >= 0.6 is 11.8 Å². The third-order valence-electron chi connectivity index (χ3n) is 5.91. The van der Waals surface area contributed by atoms with Crippen LogP contribution in [0, 0.1) is 6.92 Å². The van der Waals surface area contributed by atoms with Gasteiger partial charge < -0.3 is 19.7 Å². The van der Waals surface area contributed by atoms with Gasteiger partial charge in [-0.25, -0.2) is 9.79 Å². The van der Waals surface area contributed by atoms with Crippen LogP contribution in [0.1, 0.15) is 49.8 Å². The fourth-order valence-corrected chi connectivity index (χ4v) is 5.17. The first-order valence-electron chi connectivity index (χ1n) is 11.0. The number of thioether (sulfide) groups is 1. The number of amidine groups is 1. The van der Waals surface area contributed by atoms with E-state index in [-0.39, 0.29) is 18.4 Å². The van der Waals surface area contributed by atoms with Gasteiger partial charge in [-0.2, -0.15) is 0 Å². The van der Waals surface area contributed by atoms with Crippen LogP contribution in [0.4, 0.5) is 0 Å². The molecule has 1 N–H and O–H groups in total. The molecule has 8 heteroatoms. The van der Waals surface area contributed by atoms with E-state index in [2.05, 4.69) is 5.32 Å². The molecule has 1 aromatic carbocycles. The lowest BCUT2D eigenvalue weighted by atomic mass is 9.92. The molecule has 1 amide bonds. The Morgan fingerprint density at radius 1 is 1.31 bits per heavy atom. The molecule has 2 unspecified atom stereocenters. The van der Waals surface area contributed by atoms with Crippen molar-refractivity contribution in [2.75, 3.05) is 20.3 Å². The summed E-state index contributed by atoms with van der Waals surface area (Å²) in [7, 11) is 1.39. The van der Waals surface area contributed by atoms with Gasteiger partial charge in [0.2, 0.25) is 5.91 Å². The first-order valence-corrected chi connectivity index (χ1v) is 11.9. The minimum Gasteiger partial charge on any atom is -0.466 e. The minimum atomic E-state index is -0.394. The van der Waals surface area contributed by atoms with E-state index in [0.29, 0.717) is 18.5 Å². The number of nitrogens with zero attached hydrogens (tertiary/aromatic N) is 2. The molecule has 170 valence electrons. The van der Waals surface area contributed by atoms with Gasteiger partial charge in [-0.3, -0.25) is 4.79 Å². The molecule has 0 saturated carbocycles. The fraction of sp³-hybridized carbons (Fsp3) is 0.458. The molecule has 2 atom stereocenters. The monoisotopic (exact) mass is 455 g/mol. The van der Waals surface area contributed by atoms with E-state index in [1.165, 1.54) is 18.9 Å². The summed E-state index contributed by atoms with van der Waals surface area (Å²) in [6, 6.07) is 7.72. The van der Waals surface area contributed by atoms with Crippen LogP contribution in [0.3, 0.4) is 0 Å². The van der Waals surface area contributed by atoms with Crippen LogP contribution in [-0.2, 0) is 19.1 Å². The highest BCUT2D eigenvalue weighted by Crippen LogP contribution is 2.45. The maximum Gasteiger partial charge on any atom is 0.338 e. The number of hydrogen-bond acceptors (Lipinski definition) is 7. The fourth-order valence-electron chi connectivity index (χ4n) is 4.24. The summed E-state index contributed by atoms with van der Waals surface area (Å²) in [6.07, 6.45) is 2.93. The molecule has 3 aliphatic rings. The number of methoxy groups -OCH3 is 1. The van der Waals surface area contributed by atoms with Crippen molar-refractivity contribution in [1.29, 1.82) is 0 Å². The van der Waals surface area contributed by atoms with E-state index in [0.717, 1.165) is 47.1 Å². The van der Waals surface area contributed by atoms with Crippen LogP contribution in [0.25, 0.3) is 0 Å². The Morgan fingerprint density at radius 2 is 2.09 bits per heavy atom. The third kappa shape index (κ3) is 4.61. The van der Waals surface area contributed by atoms with Crippen molar-refractivity contribution in [2.45, 2.75) is 51.7 Å². The quantitative estimate of drug-likeness (QED) is 0.630. The molecule has 3 heterocycles. The second-order valence-corrected chi connectivity index (χ2v) is 8.96. The topological polar surface area (TPSA) is 80.2 Å². The molecular formula is C24H29N3O4S. The summed E-state index contributed by atoms with van der Waals surface area (Å²) in [5, 5.41) is 5.73. The second kappa shape index (κ2) is 9.92. The number of carbonyl (C=O) groups is 2. The van der Waals surface area contributed by atoms with Crippen LogP contribution in [0.2, 0.25) is 0 Å². The predicted molar refractivity (Wildman–Crippen MR) is 125 cm³/mol. The number of allylic oxidation sites excluding steroid dienone is 1. The number of esters is 1. The van der Waals surface area contributed by atoms with Gasteiger partial charge in [0.05, 0.1) is 36.9 Å². The van der Waals surface area contributed by atoms with E-state index in [9.17, 15) is 9.59 Å². The van der Waals surface area contributed by atoms with Gasteiger partial charge in [0.1, 0.15) is 0 Å². The van der Waals surface area contributed by atoms with Crippen LogP contribution < -0.4 is 5.32 Å². The highest BCUT2D eigenvalue weighted by atomic mass is 32.2. The van der Waals surface area contributed by atoms with Gasteiger partial charge in [0.15, 0.2) is 5.17 Å². The Labute approximate surface area is 192 Å². The maximum absolute atomic E-state index is 12.9. The minimum absolute atomic E-state index is 0.0684. The summed E-state index contributed by atoms with van der Waals surface area (Å²) < 4.78 is 10.7. The van der Waals surface area contributed by atoms with Gasteiger partial charge in [-0.1, -0.05) is 48.5 Å². The number of amides is 1. The first-order chi connectivity index (χ1) is 15.5. The van der Waals surface area contributed by atoms with E-state index in [1.807, 2.05) is 48.4 Å². The van der Waals surface area contributed by atoms with Gasteiger partial charge in [0.25, 0.3) is 0 Å². The molecule has 1 aromatic rings. The standard InChI is InChI=1S/C24H29N3O4S/c1-4-19-21(23(29)30-3)22(16-9-7-15(2)8-10-16)27-17(14-32-24(27)26-19)12-20(28)25-13-18-6-5-11-31-18/h7-10,14,18,22H,4-6,11-13H2,1-3H3,(H,25,28). The van der Waals surface area contributed by atoms with Crippen LogP contribution in [-0.4, -0.2) is 48.3 Å². The molecule has 32 heavy (non-hydrogen) atoms. The summed E-state index contributed by atoms with van der Waals surface area (Å²) in [5.74, 6) is -0.463. The van der Waals surface area contributed by atoms with Gasteiger partial charge in [0, 0.05) is 18.8 Å². The SMILES string of the molecule is CCC1=C(C(=O)OC)C(c2ccc(C)cc2)N2C(CC(=O)NCC3CCCO3)=CSC2=N1. The van der Waals surface area contributed by atoms with Crippen molar-refractivity contribution in [3.8, 4) is 0 Å². The summed E-state index contributed by atoms with van der Waals surface area (Å²) in [6.45, 7) is 5.30. The number of aliphatic imine (C=N–C) groups is 1. The van der Waals surface area contributed by atoms with Crippen LogP contribution in [0.5, 0.6) is 0 Å². The van der Waals surface area contributed by atoms with Gasteiger partial charge >= 0.3 is 5.97 Å². The van der Waals surface area contributed by atoms with Crippen molar-refractivity contribution in [3.63, 3.8) is 0 Å². The maximum atomic E-state index is 12.9. The van der Waals surface area contributed by atoms with E-state index in [1.54, 1.807) is 0 Å². The Hall–Kier alpha value is -2.58. The van der Waals surface area contributed by atoms with Crippen molar-refractivity contribution in [2.24, 2.45) is 4.99 Å². The molecule has 0 aliphatic carbocycles. The zero-order chi connectivity index (χ0) is 22.7. The second-order valence-electron chi connectivity index (χ2n) is 8.13. The number of carbonyl (C=O) groups excluding carboxylic acids is 2. The number of nitrogens with one attached hydrogen (secondary N) is 1. The molecule has 0 bridgehead atoms. The Kier molecular flexibility index (Phi) is 7.01. The Bertz CT molecular complexity index is 977. The molecule has 1 saturated heterocycles. The summed E-state index contributed by atoms with van der Waals surface area (Å²) in [4.78, 5) is 32.3. The third-order valence-corrected chi connectivity index (χ3v) is 6.80. The smallest absolute Gasteiger partial charge is 0.338 e. The summed E-state index contributed by atoms with van der Waals surface area (Å²) in [5.41, 5.74) is 4.16. The number of rotatable bonds is 7. The lowest BCUT2D eigenvalue weighted by Gasteiger charge is -2.36. The first kappa shape index (κ1) is 22.6. The van der Waals surface area contributed by atoms with E-state index < -0.39 is 12.0 Å². The largest absolute Gasteiger partial charge is 0.466 e. The van der Waals surface area contributed by atoms with Crippen LogP contribution in [0.15, 0.2) is 51.6 Å². The average Bonchev–Trinajstić information content (AvgIpc) is 3.46. The normalized spacial score (nSPS) is 22.4. The number of fused-ring (bicyclic) bond motifs is 1. The molecule has 3 aliphatic heterocycles. The molecular weight excluding hydrogens is 426 g/mol. The van der Waals surface area contributed by atoms with Crippen molar-refractivity contribution in [3.05, 3.63) is 57.8 Å². The average molecular weight is 456 g/mol. The zero-order valence-corrected chi connectivity index (χ0v) is 19.5. The predicted octanol–water partition coefficient (Wildman–Crippen LogP) is 3.82. The highest BCUT2D eigenvalue weighted by Gasteiger charge is 2.41. The number of benzene rings is 1.